The van der Waals surface area contributed by atoms with Gasteiger partial charge in [-0.1, -0.05) is 36.4 Å². The van der Waals surface area contributed by atoms with Gasteiger partial charge in [-0.25, -0.2) is 0 Å². The standard InChI is InChI=1S/C26H19N3O/c30-26-21-6-3-5-19(17-10-13-27-14-11-17)20(21)12-15-29(26)25-16-22(25)24-9-8-18-4-1-2-7-23(18)28-24/h1-15,22,25H,16H2. The molecule has 0 amide bonds. The molecule has 1 aliphatic carbocycles. The maximum Gasteiger partial charge on any atom is 0.258 e. The van der Waals surface area contributed by atoms with Crippen LogP contribution in [0, 0.1) is 0 Å². The third-order valence-electron chi connectivity index (χ3n) is 6.08. The van der Waals surface area contributed by atoms with E-state index in [4.69, 9.17) is 4.98 Å². The van der Waals surface area contributed by atoms with E-state index < -0.39 is 0 Å². The molecule has 0 aliphatic heterocycles. The SMILES string of the molecule is O=c1c2cccc(-c3ccncc3)c2ccn1C1CC1c1ccc2ccccc2n1. The molecule has 0 spiro atoms. The van der Waals surface area contributed by atoms with Crippen LogP contribution in [0.3, 0.4) is 0 Å². The summed E-state index contributed by atoms with van der Waals surface area (Å²) in [6, 6.07) is 24.5. The predicted octanol–water partition coefficient (Wildman–Crippen LogP) is 5.34. The molecular formula is C26H19N3O. The van der Waals surface area contributed by atoms with Crippen molar-refractivity contribution in [2.24, 2.45) is 0 Å². The number of benzene rings is 2. The van der Waals surface area contributed by atoms with Crippen molar-refractivity contribution < 1.29 is 0 Å². The maximum atomic E-state index is 13.3. The van der Waals surface area contributed by atoms with Crippen molar-refractivity contribution in [3.63, 3.8) is 0 Å². The number of pyridine rings is 3. The summed E-state index contributed by atoms with van der Waals surface area (Å²) < 4.78 is 1.89. The number of aromatic nitrogens is 3. The molecule has 30 heavy (non-hydrogen) atoms. The quantitative estimate of drug-likeness (QED) is 0.418. The molecule has 144 valence electrons. The third-order valence-corrected chi connectivity index (χ3v) is 6.08. The number of fused-ring (bicyclic) bond motifs is 2. The van der Waals surface area contributed by atoms with E-state index in [1.54, 1.807) is 12.4 Å². The summed E-state index contributed by atoms with van der Waals surface area (Å²) in [5.41, 5.74) is 4.27. The fraction of sp³-hybridized carbons (Fsp3) is 0.115. The molecule has 0 radical (unpaired) electrons. The van der Waals surface area contributed by atoms with Crippen molar-refractivity contribution in [3.8, 4) is 11.1 Å². The Morgan fingerprint density at radius 2 is 1.70 bits per heavy atom. The van der Waals surface area contributed by atoms with Crippen molar-refractivity contribution in [2.75, 3.05) is 0 Å². The second-order valence-corrected chi connectivity index (χ2v) is 7.87. The van der Waals surface area contributed by atoms with Crippen molar-refractivity contribution in [3.05, 3.63) is 107 Å². The number of para-hydroxylation sites is 1. The van der Waals surface area contributed by atoms with E-state index in [-0.39, 0.29) is 17.5 Å². The van der Waals surface area contributed by atoms with Crippen molar-refractivity contribution in [1.29, 1.82) is 0 Å². The van der Waals surface area contributed by atoms with Gasteiger partial charge in [0.15, 0.2) is 0 Å². The molecule has 0 bridgehead atoms. The molecule has 1 saturated carbocycles. The topological polar surface area (TPSA) is 47.8 Å². The summed E-state index contributed by atoms with van der Waals surface area (Å²) in [6.45, 7) is 0. The minimum absolute atomic E-state index is 0.0664. The van der Waals surface area contributed by atoms with Gasteiger partial charge in [-0.15, -0.1) is 0 Å². The highest BCUT2D eigenvalue weighted by atomic mass is 16.1. The van der Waals surface area contributed by atoms with Gasteiger partial charge in [-0.3, -0.25) is 14.8 Å². The van der Waals surface area contributed by atoms with Gasteiger partial charge in [0.2, 0.25) is 0 Å². The van der Waals surface area contributed by atoms with Gasteiger partial charge in [-0.2, -0.15) is 0 Å². The average molecular weight is 389 g/mol. The van der Waals surface area contributed by atoms with Crippen LogP contribution in [0.1, 0.15) is 24.1 Å². The minimum atomic E-state index is 0.0664. The van der Waals surface area contributed by atoms with E-state index in [1.165, 1.54) is 0 Å². The zero-order valence-electron chi connectivity index (χ0n) is 16.3. The Morgan fingerprint density at radius 3 is 2.60 bits per heavy atom. The van der Waals surface area contributed by atoms with Crippen LogP contribution in [0.4, 0.5) is 0 Å². The zero-order valence-corrected chi connectivity index (χ0v) is 16.3. The first-order valence-electron chi connectivity index (χ1n) is 10.2. The summed E-state index contributed by atoms with van der Waals surface area (Å²) in [7, 11) is 0. The molecule has 6 rings (SSSR count). The lowest BCUT2D eigenvalue weighted by Gasteiger charge is -2.10. The van der Waals surface area contributed by atoms with E-state index in [0.29, 0.717) is 0 Å². The number of rotatable bonds is 3. The van der Waals surface area contributed by atoms with Gasteiger partial charge in [0.05, 0.1) is 5.52 Å². The maximum absolute atomic E-state index is 13.3. The summed E-state index contributed by atoms with van der Waals surface area (Å²) >= 11 is 0. The van der Waals surface area contributed by atoms with E-state index in [1.807, 2.05) is 53.2 Å². The first kappa shape index (κ1) is 17.1. The second-order valence-electron chi connectivity index (χ2n) is 7.87. The Morgan fingerprint density at radius 1 is 0.833 bits per heavy atom. The molecule has 3 aromatic heterocycles. The minimum Gasteiger partial charge on any atom is -0.311 e. The normalized spacial score (nSPS) is 18.0. The van der Waals surface area contributed by atoms with Crippen LogP contribution in [-0.2, 0) is 0 Å². The van der Waals surface area contributed by atoms with Gasteiger partial charge >= 0.3 is 0 Å². The van der Waals surface area contributed by atoms with Crippen LogP contribution in [0.25, 0.3) is 32.8 Å². The first-order valence-corrected chi connectivity index (χ1v) is 10.2. The second kappa shape index (κ2) is 6.63. The zero-order chi connectivity index (χ0) is 20.1. The van der Waals surface area contributed by atoms with Crippen molar-refractivity contribution in [1.82, 2.24) is 14.5 Å². The van der Waals surface area contributed by atoms with Gasteiger partial charge in [0.1, 0.15) is 0 Å². The lowest BCUT2D eigenvalue weighted by Crippen LogP contribution is -2.19. The Kier molecular flexibility index (Phi) is 3.78. The van der Waals surface area contributed by atoms with E-state index in [9.17, 15) is 4.79 Å². The Hall–Kier alpha value is -3.79. The molecule has 1 aliphatic rings. The van der Waals surface area contributed by atoms with Gasteiger partial charge in [0.25, 0.3) is 5.56 Å². The highest BCUT2D eigenvalue weighted by molar-refractivity contribution is 5.96. The number of hydrogen-bond donors (Lipinski definition) is 0. The van der Waals surface area contributed by atoms with Gasteiger partial charge < -0.3 is 4.57 Å². The molecule has 4 nitrogen and oxygen atoms in total. The Labute approximate surface area is 173 Å². The molecule has 1 fully saturated rings. The lowest BCUT2D eigenvalue weighted by molar-refractivity contribution is 0.688. The first-order chi connectivity index (χ1) is 14.8. The van der Waals surface area contributed by atoms with Crippen LogP contribution >= 0.6 is 0 Å². The highest BCUT2D eigenvalue weighted by Crippen LogP contribution is 2.50. The number of nitrogens with zero attached hydrogens (tertiary/aromatic N) is 3. The molecule has 0 N–H and O–H groups in total. The average Bonchev–Trinajstić information content (AvgIpc) is 3.60. The molecule has 5 aromatic rings. The van der Waals surface area contributed by atoms with Gasteiger partial charge in [0, 0.05) is 47.0 Å². The van der Waals surface area contributed by atoms with Crippen LogP contribution in [-0.4, -0.2) is 14.5 Å². The molecule has 2 unspecified atom stereocenters. The van der Waals surface area contributed by atoms with Crippen LogP contribution < -0.4 is 5.56 Å². The fourth-order valence-corrected chi connectivity index (χ4v) is 4.43. The van der Waals surface area contributed by atoms with Gasteiger partial charge in [-0.05, 0) is 59.3 Å². The highest BCUT2D eigenvalue weighted by Gasteiger charge is 2.41. The van der Waals surface area contributed by atoms with E-state index >= 15 is 0 Å². The van der Waals surface area contributed by atoms with Crippen molar-refractivity contribution in [2.45, 2.75) is 18.4 Å². The monoisotopic (exact) mass is 389 g/mol. The molecule has 4 heteroatoms. The molecule has 2 atom stereocenters. The Bertz CT molecular complexity index is 1460. The predicted molar refractivity (Wildman–Crippen MR) is 120 cm³/mol. The smallest absolute Gasteiger partial charge is 0.258 e. The molecule has 2 aromatic carbocycles. The largest absolute Gasteiger partial charge is 0.311 e. The number of hydrogen-bond acceptors (Lipinski definition) is 3. The van der Waals surface area contributed by atoms with Crippen LogP contribution in [0.5, 0.6) is 0 Å². The Balaban J connectivity index is 1.39. The van der Waals surface area contributed by atoms with Crippen LogP contribution in [0.2, 0.25) is 0 Å². The molecule has 0 saturated heterocycles. The van der Waals surface area contributed by atoms with Crippen molar-refractivity contribution >= 4 is 21.7 Å². The van der Waals surface area contributed by atoms with E-state index in [0.717, 1.165) is 44.9 Å². The lowest BCUT2D eigenvalue weighted by atomic mass is 10.0. The fourth-order valence-electron chi connectivity index (χ4n) is 4.43. The third kappa shape index (κ3) is 2.72. The summed E-state index contributed by atoms with van der Waals surface area (Å²) in [5.74, 6) is 0.285. The van der Waals surface area contributed by atoms with E-state index in [2.05, 4.69) is 35.3 Å². The van der Waals surface area contributed by atoms with Crippen LogP contribution in [0.15, 0.2) is 96.2 Å². The molecule has 3 heterocycles. The summed E-state index contributed by atoms with van der Waals surface area (Å²) in [6.07, 6.45) is 6.45. The summed E-state index contributed by atoms with van der Waals surface area (Å²) in [4.78, 5) is 22.2. The summed E-state index contributed by atoms with van der Waals surface area (Å²) in [5, 5.41) is 2.87. The molecular weight excluding hydrogens is 370 g/mol.